The monoisotopic (exact) mass is 265 g/mol. The van der Waals surface area contributed by atoms with E-state index in [1.807, 2.05) is 6.92 Å². The summed E-state index contributed by atoms with van der Waals surface area (Å²) in [6.45, 7) is 14.3. The second-order valence-electron chi connectivity index (χ2n) is 5.76. The normalized spacial score (nSPS) is 15.0. The number of allylic oxidation sites excluding steroid dienone is 1. The predicted octanol–water partition coefficient (Wildman–Crippen LogP) is 2.97. The van der Waals surface area contributed by atoms with Gasteiger partial charge in [0.1, 0.15) is 0 Å². The molecule has 0 radical (unpaired) electrons. The highest BCUT2D eigenvalue weighted by Crippen LogP contribution is 2.34. The first kappa shape index (κ1) is 17.4. The lowest BCUT2D eigenvalue weighted by Gasteiger charge is -2.30. The maximum Gasteiger partial charge on any atom is 0.230 e. The zero-order chi connectivity index (χ0) is 15.1. The van der Waals surface area contributed by atoms with Gasteiger partial charge in [-0.1, -0.05) is 39.3 Å². The average Bonchev–Trinajstić information content (AvgIpc) is 2.25. The van der Waals surface area contributed by atoms with E-state index in [1.165, 1.54) is 6.08 Å². The van der Waals surface area contributed by atoms with Crippen molar-refractivity contribution in [3.05, 3.63) is 24.4 Å². The molecule has 0 aliphatic heterocycles. The lowest BCUT2D eigenvalue weighted by atomic mass is 9.75. The summed E-state index contributed by atoms with van der Waals surface area (Å²) in [5.41, 5.74) is 6.99. The molecule has 0 saturated carbocycles. The highest BCUT2D eigenvalue weighted by Gasteiger charge is 2.24. The number of amides is 1. The number of aliphatic imine (C=N–C) groups is 1. The van der Waals surface area contributed by atoms with E-state index in [-0.39, 0.29) is 23.7 Å². The Balaban J connectivity index is 4.75. The Bertz CT molecular complexity index is 375. The van der Waals surface area contributed by atoms with Crippen LogP contribution < -0.4 is 11.1 Å². The van der Waals surface area contributed by atoms with E-state index in [0.29, 0.717) is 5.92 Å². The molecule has 0 aromatic heterocycles. The van der Waals surface area contributed by atoms with Crippen LogP contribution in [0.25, 0.3) is 0 Å². The molecule has 19 heavy (non-hydrogen) atoms. The number of carbonyl (C=O) groups excluding carboxylic acids is 1. The summed E-state index contributed by atoms with van der Waals surface area (Å²) >= 11 is 0. The van der Waals surface area contributed by atoms with E-state index in [2.05, 4.69) is 44.6 Å². The molecule has 3 N–H and O–H groups in total. The Morgan fingerprint density at radius 2 is 2.05 bits per heavy atom. The second-order valence-corrected chi connectivity index (χ2v) is 5.76. The molecule has 0 aromatic rings. The molecule has 0 spiro atoms. The quantitative estimate of drug-likeness (QED) is 0.456. The van der Waals surface area contributed by atoms with E-state index in [9.17, 15) is 4.79 Å². The molecule has 0 bridgehead atoms. The van der Waals surface area contributed by atoms with Crippen molar-refractivity contribution < 1.29 is 4.79 Å². The van der Waals surface area contributed by atoms with Crippen LogP contribution in [0.5, 0.6) is 0 Å². The Morgan fingerprint density at radius 1 is 1.47 bits per heavy atom. The molecule has 1 amide bonds. The third-order valence-corrected chi connectivity index (χ3v) is 3.01. The van der Waals surface area contributed by atoms with E-state index in [4.69, 9.17) is 5.73 Å². The van der Waals surface area contributed by atoms with Crippen LogP contribution in [0.3, 0.4) is 0 Å². The number of guanidine groups is 1. The summed E-state index contributed by atoms with van der Waals surface area (Å²) in [5, 5.41) is 2.50. The molecule has 0 aliphatic rings. The number of rotatable bonds is 5. The Morgan fingerprint density at radius 3 is 2.47 bits per heavy atom. The highest BCUT2D eigenvalue weighted by molar-refractivity contribution is 5.96. The van der Waals surface area contributed by atoms with Crippen molar-refractivity contribution in [1.29, 1.82) is 0 Å². The number of hydrogen-bond acceptors (Lipinski definition) is 2. The van der Waals surface area contributed by atoms with Crippen LogP contribution in [0.15, 0.2) is 29.4 Å². The van der Waals surface area contributed by atoms with Gasteiger partial charge in [-0.25, -0.2) is 4.99 Å². The fourth-order valence-electron chi connectivity index (χ4n) is 2.24. The minimum absolute atomic E-state index is 0.120. The molecular formula is C15H27N3O. The van der Waals surface area contributed by atoms with Crippen molar-refractivity contribution in [2.75, 3.05) is 0 Å². The van der Waals surface area contributed by atoms with Crippen molar-refractivity contribution >= 4 is 11.9 Å². The van der Waals surface area contributed by atoms with E-state index < -0.39 is 0 Å². The Kier molecular flexibility index (Phi) is 7.12. The van der Waals surface area contributed by atoms with Crippen LogP contribution in [-0.4, -0.2) is 11.9 Å². The fraction of sp³-hybridized carbons (Fsp3) is 0.600. The zero-order valence-electron chi connectivity index (χ0n) is 12.8. The first-order chi connectivity index (χ1) is 8.72. The number of nitrogens with zero attached hydrogens (tertiary/aromatic N) is 1. The number of hydrogen-bond donors (Lipinski definition) is 2. The van der Waals surface area contributed by atoms with E-state index in [1.54, 1.807) is 6.20 Å². The van der Waals surface area contributed by atoms with Gasteiger partial charge in [-0.05, 0) is 24.7 Å². The summed E-state index contributed by atoms with van der Waals surface area (Å²) < 4.78 is 0. The van der Waals surface area contributed by atoms with E-state index >= 15 is 0 Å². The number of nitrogens with two attached hydrogens (primary N) is 1. The van der Waals surface area contributed by atoms with Crippen LogP contribution in [-0.2, 0) is 4.79 Å². The van der Waals surface area contributed by atoms with Crippen LogP contribution in [0.1, 0.15) is 47.5 Å². The minimum atomic E-state index is -0.204. The van der Waals surface area contributed by atoms with Gasteiger partial charge in [0.15, 0.2) is 5.96 Å². The van der Waals surface area contributed by atoms with Crippen molar-refractivity contribution in [3.63, 3.8) is 0 Å². The van der Waals surface area contributed by atoms with E-state index in [0.717, 1.165) is 12.0 Å². The summed E-state index contributed by atoms with van der Waals surface area (Å²) in [7, 11) is 0. The first-order valence-corrected chi connectivity index (χ1v) is 6.63. The van der Waals surface area contributed by atoms with Crippen LogP contribution in [0, 0.1) is 11.3 Å². The van der Waals surface area contributed by atoms with Gasteiger partial charge in [0.2, 0.25) is 5.91 Å². The van der Waals surface area contributed by atoms with Gasteiger partial charge in [-0.15, -0.1) is 6.58 Å². The van der Waals surface area contributed by atoms with Crippen molar-refractivity contribution in [1.82, 2.24) is 5.32 Å². The Hall–Kier alpha value is -1.58. The number of nitrogens with one attached hydrogen (secondary N) is 1. The third-order valence-electron chi connectivity index (χ3n) is 3.01. The highest BCUT2D eigenvalue weighted by atomic mass is 16.1. The summed E-state index contributed by atoms with van der Waals surface area (Å²) in [6, 6.07) is 0. The smallest absolute Gasteiger partial charge is 0.230 e. The first-order valence-electron chi connectivity index (χ1n) is 6.63. The molecule has 0 saturated heterocycles. The van der Waals surface area contributed by atoms with Crippen LogP contribution in [0.4, 0.5) is 0 Å². The maximum atomic E-state index is 11.3. The van der Waals surface area contributed by atoms with Gasteiger partial charge in [-0.2, -0.15) is 0 Å². The summed E-state index contributed by atoms with van der Waals surface area (Å²) in [5.74, 6) is 0.355. The molecule has 1 unspecified atom stereocenters. The van der Waals surface area contributed by atoms with Crippen LogP contribution >= 0.6 is 0 Å². The Labute approximate surface area is 116 Å². The lowest BCUT2D eigenvalue weighted by molar-refractivity contribution is -0.118. The molecule has 4 heteroatoms. The van der Waals surface area contributed by atoms with Crippen molar-refractivity contribution in [2.45, 2.75) is 47.5 Å². The predicted molar refractivity (Wildman–Crippen MR) is 81.6 cm³/mol. The molecular weight excluding hydrogens is 238 g/mol. The lowest BCUT2D eigenvalue weighted by Crippen LogP contribution is -2.36. The summed E-state index contributed by atoms with van der Waals surface area (Å²) in [4.78, 5) is 15.4. The molecule has 0 aromatic carbocycles. The maximum absolute atomic E-state index is 11.3. The average molecular weight is 265 g/mol. The number of carbonyl (C=O) groups is 1. The van der Waals surface area contributed by atoms with Crippen molar-refractivity contribution in [3.8, 4) is 0 Å². The minimum Gasteiger partial charge on any atom is -0.369 e. The molecule has 0 fully saturated rings. The van der Waals surface area contributed by atoms with Gasteiger partial charge in [0.25, 0.3) is 0 Å². The molecule has 4 nitrogen and oxygen atoms in total. The molecule has 1 atom stereocenters. The second kappa shape index (κ2) is 7.77. The van der Waals surface area contributed by atoms with Gasteiger partial charge in [0, 0.05) is 12.6 Å². The van der Waals surface area contributed by atoms with Crippen molar-refractivity contribution in [2.24, 2.45) is 22.1 Å². The standard InChI is InChI=1S/C15H27N3O/c1-7-9-13(19)18-14(16)17-10-11(3)12(8-2)15(4,5)6/h7,10,12H,1,8-9H2,2-6H3,(H3,16,17,18,19)/b11-10-. The zero-order valence-corrected chi connectivity index (χ0v) is 12.8. The fourth-order valence-corrected chi connectivity index (χ4v) is 2.24. The molecule has 108 valence electrons. The third kappa shape index (κ3) is 6.79. The summed E-state index contributed by atoms with van der Waals surface area (Å²) in [6.07, 6.45) is 4.54. The van der Waals surface area contributed by atoms with Crippen LogP contribution in [0.2, 0.25) is 0 Å². The SMILES string of the molecule is C=CCC(=O)N/C(N)=N/C=C(/C)C(CC)C(C)(C)C. The molecule has 0 rings (SSSR count). The largest absolute Gasteiger partial charge is 0.369 e. The van der Waals surface area contributed by atoms with Gasteiger partial charge in [-0.3, -0.25) is 10.1 Å². The topological polar surface area (TPSA) is 67.5 Å². The van der Waals surface area contributed by atoms with Gasteiger partial charge in [0.05, 0.1) is 0 Å². The van der Waals surface area contributed by atoms with Gasteiger partial charge < -0.3 is 5.73 Å². The molecule has 0 aliphatic carbocycles. The van der Waals surface area contributed by atoms with Gasteiger partial charge >= 0.3 is 0 Å². The molecule has 0 heterocycles.